The topological polar surface area (TPSA) is 19.6 Å². The molecule has 2 fully saturated rings. The van der Waals surface area contributed by atoms with Crippen molar-refractivity contribution < 1.29 is 4.42 Å². The third-order valence-electron chi connectivity index (χ3n) is 15.7. The molecule has 11 aromatic rings. The molecule has 3 nitrogen and oxygen atoms in total. The summed E-state index contributed by atoms with van der Waals surface area (Å²) in [5.41, 5.74) is 17.2. The average Bonchev–Trinajstić information content (AvgIpc) is 4.23. The zero-order valence-corrected chi connectivity index (χ0v) is 37.1. The molecule has 1 aromatic heterocycles. The van der Waals surface area contributed by atoms with Gasteiger partial charge in [-0.05, 0) is 147 Å². The number of hydrogen-bond acceptors (Lipinski definition) is 3. The van der Waals surface area contributed by atoms with Gasteiger partial charge in [0.25, 0.3) is 0 Å². The zero-order valence-electron chi connectivity index (χ0n) is 37.1. The third kappa shape index (κ3) is 5.88. The highest BCUT2D eigenvalue weighted by Gasteiger charge is 2.28. The molecule has 318 valence electrons. The minimum absolute atomic E-state index is 0.645. The SMILES string of the molecule is c1ccc2c(c1)Cc1c-2cccc1N(c1ccc(C2CCCC2)cc1)c1ccc2ccc3c(N(c4ccc(C5CCCC5)cc4)c4cccc5c4oc4ccccc45)ccc4ccc1c2c43. The standard InChI is InChI=1S/C63H50N2O/c1-2-12-40(11-1)42-23-31-47(32-24-42)64(56-20-9-18-50-49-16-6-5-15-46(49)39-55(50)56)57-37-29-44-28-36-54-58(38-30-45-27-35-53(57)61(44)62(45)54)65(48-33-25-43(26-34-48)41-13-3-4-14-41)59-21-10-19-52-51-17-7-8-22-60(51)66-63(52)59/h5-10,15-38,40-41H,1-4,11-14,39H2. The first kappa shape index (κ1) is 38.0. The molecule has 0 saturated heterocycles. The van der Waals surface area contributed by atoms with Crippen molar-refractivity contribution in [1.29, 1.82) is 0 Å². The van der Waals surface area contributed by atoms with Gasteiger partial charge in [0.2, 0.25) is 0 Å². The summed E-state index contributed by atoms with van der Waals surface area (Å²) in [5, 5.41) is 9.82. The molecular formula is C63H50N2O. The van der Waals surface area contributed by atoms with Crippen LogP contribution >= 0.6 is 0 Å². The van der Waals surface area contributed by atoms with Gasteiger partial charge < -0.3 is 14.2 Å². The summed E-state index contributed by atoms with van der Waals surface area (Å²) in [6.45, 7) is 0. The van der Waals surface area contributed by atoms with E-state index in [9.17, 15) is 0 Å². The van der Waals surface area contributed by atoms with Gasteiger partial charge in [-0.15, -0.1) is 0 Å². The van der Waals surface area contributed by atoms with E-state index in [-0.39, 0.29) is 0 Å². The van der Waals surface area contributed by atoms with Crippen molar-refractivity contribution in [2.24, 2.45) is 0 Å². The first-order valence-electron chi connectivity index (χ1n) is 24.3. The van der Waals surface area contributed by atoms with Gasteiger partial charge in [-0.25, -0.2) is 0 Å². The van der Waals surface area contributed by atoms with Crippen molar-refractivity contribution in [2.75, 3.05) is 9.80 Å². The van der Waals surface area contributed by atoms with Crippen molar-refractivity contribution in [3.63, 3.8) is 0 Å². The van der Waals surface area contributed by atoms with E-state index >= 15 is 0 Å². The Hall–Kier alpha value is -7.36. The van der Waals surface area contributed by atoms with E-state index in [4.69, 9.17) is 4.42 Å². The molecule has 14 rings (SSSR count). The lowest BCUT2D eigenvalue weighted by Gasteiger charge is -2.30. The summed E-state index contributed by atoms with van der Waals surface area (Å²) in [6.07, 6.45) is 11.4. The Morgan fingerprint density at radius 3 is 1.55 bits per heavy atom. The van der Waals surface area contributed by atoms with Crippen molar-refractivity contribution in [2.45, 2.75) is 69.6 Å². The largest absolute Gasteiger partial charge is 0.454 e. The zero-order chi connectivity index (χ0) is 43.3. The van der Waals surface area contributed by atoms with Crippen LogP contribution in [0.15, 0.2) is 186 Å². The van der Waals surface area contributed by atoms with Crippen molar-refractivity contribution in [1.82, 2.24) is 0 Å². The monoisotopic (exact) mass is 850 g/mol. The molecule has 66 heavy (non-hydrogen) atoms. The fraction of sp³-hybridized carbons (Fsp3) is 0.175. The molecule has 3 heteroatoms. The second kappa shape index (κ2) is 15.1. The summed E-state index contributed by atoms with van der Waals surface area (Å²) < 4.78 is 6.81. The average molecular weight is 851 g/mol. The Bertz CT molecular complexity index is 3640. The maximum Gasteiger partial charge on any atom is 0.159 e. The first-order valence-corrected chi connectivity index (χ1v) is 24.3. The van der Waals surface area contributed by atoms with Gasteiger partial charge >= 0.3 is 0 Å². The maximum absolute atomic E-state index is 6.81. The fourth-order valence-corrected chi connectivity index (χ4v) is 12.5. The van der Waals surface area contributed by atoms with Crippen LogP contribution in [-0.2, 0) is 6.42 Å². The molecule has 3 aliphatic rings. The van der Waals surface area contributed by atoms with E-state index in [1.54, 1.807) is 0 Å². The summed E-state index contributed by atoms with van der Waals surface area (Å²) in [5.74, 6) is 1.31. The van der Waals surface area contributed by atoms with E-state index in [2.05, 4.69) is 192 Å². The van der Waals surface area contributed by atoms with Gasteiger partial charge in [-0.3, -0.25) is 0 Å². The number of hydrogen-bond donors (Lipinski definition) is 0. The molecule has 0 spiro atoms. The first-order chi connectivity index (χ1) is 32.7. The van der Waals surface area contributed by atoms with Crippen LogP contribution in [0.2, 0.25) is 0 Å². The lowest BCUT2D eigenvalue weighted by molar-refractivity contribution is 0.669. The molecule has 3 aliphatic carbocycles. The van der Waals surface area contributed by atoms with Crippen molar-refractivity contribution in [3.8, 4) is 11.1 Å². The molecule has 0 N–H and O–H groups in total. The Balaban J connectivity index is 0.987. The Morgan fingerprint density at radius 2 is 0.894 bits per heavy atom. The predicted molar refractivity (Wildman–Crippen MR) is 277 cm³/mol. The second-order valence-corrected chi connectivity index (χ2v) is 19.3. The molecule has 0 bridgehead atoms. The molecule has 0 amide bonds. The lowest BCUT2D eigenvalue weighted by Crippen LogP contribution is -2.13. The van der Waals surface area contributed by atoms with Crippen molar-refractivity contribution in [3.05, 3.63) is 204 Å². The van der Waals surface area contributed by atoms with Crippen molar-refractivity contribution >= 4 is 88.4 Å². The Labute approximate surface area is 385 Å². The quantitative estimate of drug-likeness (QED) is 0.142. The highest BCUT2D eigenvalue weighted by atomic mass is 16.3. The number of anilines is 6. The number of furan rings is 1. The third-order valence-corrected chi connectivity index (χ3v) is 15.7. The van der Waals surface area contributed by atoms with E-state index in [0.717, 1.165) is 45.4 Å². The summed E-state index contributed by atoms with van der Waals surface area (Å²) in [6, 6.07) is 68.8. The number of rotatable bonds is 8. The number of fused-ring (bicyclic) bond motifs is 6. The molecule has 0 radical (unpaired) electrons. The van der Waals surface area contributed by atoms with Crippen LogP contribution in [0.25, 0.3) is 65.4 Å². The lowest BCUT2D eigenvalue weighted by atomic mass is 9.91. The van der Waals surface area contributed by atoms with E-state index < -0.39 is 0 Å². The Kier molecular flexibility index (Phi) is 8.69. The predicted octanol–water partition coefficient (Wildman–Crippen LogP) is 18.3. The van der Waals surface area contributed by atoms with Gasteiger partial charge in [0.1, 0.15) is 5.58 Å². The van der Waals surface area contributed by atoms with Crippen LogP contribution in [-0.4, -0.2) is 0 Å². The highest BCUT2D eigenvalue weighted by molar-refractivity contribution is 6.28. The second-order valence-electron chi connectivity index (χ2n) is 19.3. The summed E-state index contributed by atoms with van der Waals surface area (Å²) >= 11 is 0. The van der Waals surface area contributed by atoms with E-state index in [1.807, 2.05) is 0 Å². The highest BCUT2D eigenvalue weighted by Crippen LogP contribution is 2.52. The van der Waals surface area contributed by atoms with Gasteiger partial charge in [-0.1, -0.05) is 153 Å². The van der Waals surface area contributed by atoms with Gasteiger partial charge in [-0.2, -0.15) is 0 Å². The van der Waals surface area contributed by atoms with Crippen LogP contribution < -0.4 is 9.80 Å². The molecule has 0 unspecified atom stereocenters. The number of benzene rings is 10. The number of nitrogens with zero attached hydrogens (tertiary/aromatic N) is 2. The van der Waals surface area contributed by atoms with Crippen LogP contribution in [0, 0.1) is 0 Å². The molecule has 0 atom stereocenters. The van der Waals surface area contributed by atoms with E-state index in [1.165, 1.54) is 134 Å². The molecule has 1 heterocycles. The van der Waals surface area contributed by atoms with Crippen LogP contribution in [0.5, 0.6) is 0 Å². The normalized spacial score (nSPS) is 15.2. The van der Waals surface area contributed by atoms with Crippen LogP contribution in [0.3, 0.4) is 0 Å². The maximum atomic E-state index is 6.81. The minimum atomic E-state index is 0.645. The Morgan fingerprint density at radius 1 is 0.379 bits per heavy atom. The summed E-state index contributed by atoms with van der Waals surface area (Å²) in [4.78, 5) is 5.02. The number of para-hydroxylation sites is 2. The minimum Gasteiger partial charge on any atom is -0.454 e. The fourth-order valence-electron chi connectivity index (χ4n) is 12.5. The molecule has 10 aromatic carbocycles. The molecule has 2 saturated carbocycles. The van der Waals surface area contributed by atoms with Gasteiger partial charge in [0.15, 0.2) is 5.58 Å². The van der Waals surface area contributed by atoms with E-state index in [0.29, 0.717) is 11.8 Å². The van der Waals surface area contributed by atoms with Crippen LogP contribution in [0.1, 0.15) is 85.5 Å². The smallest absolute Gasteiger partial charge is 0.159 e. The van der Waals surface area contributed by atoms with Crippen LogP contribution in [0.4, 0.5) is 34.1 Å². The van der Waals surface area contributed by atoms with Gasteiger partial charge in [0.05, 0.1) is 22.7 Å². The molecular weight excluding hydrogens is 801 g/mol. The summed E-state index contributed by atoms with van der Waals surface area (Å²) in [7, 11) is 0. The van der Waals surface area contributed by atoms with Gasteiger partial charge in [0, 0.05) is 39.3 Å². The molecule has 0 aliphatic heterocycles.